The number of para-hydroxylation sites is 1. The van der Waals surface area contributed by atoms with Crippen LogP contribution in [0.3, 0.4) is 0 Å². The topological polar surface area (TPSA) is 75.4 Å². The standard InChI is InChI=1S/C19H23N3O3/c1-21(15-9-3-2-4-10-15)16-12-18(23)22(20-13-16)17(19(24)25)11-14-7-5-6-8-14/h2-4,9-10,12-14,17H,5-8,11H2,1H3,(H,24,25). The van der Waals surface area contributed by atoms with Crippen molar-refractivity contribution in [2.45, 2.75) is 38.1 Å². The lowest BCUT2D eigenvalue weighted by Gasteiger charge is -2.21. The van der Waals surface area contributed by atoms with Crippen LogP contribution in [-0.4, -0.2) is 27.9 Å². The van der Waals surface area contributed by atoms with Gasteiger partial charge in [0.15, 0.2) is 6.04 Å². The molecule has 2 aromatic rings. The van der Waals surface area contributed by atoms with Crippen molar-refractivity contribution in [3.63, 3.8) is 0 Å². The quantitative estimate of drug-likeness (QED) is 0.873. The second-order valence-corrected chi connectivity index (χ2v) is 6.63. The van der Waals surface area contributed by atoms with E-state index in [-0.39, 0.29) is 5.56 Å². The maximum Gasteiger partial charge on any atom is 0.328 e. The molecule has 6 nitrogen and oxygen atoms in total. The van der Waals surface area contributed by atoms with Crippen LogP contribution < -0.4 is 10.5 Å². The predicted octanol–water partition coefficient (Wildman–Crippen LogP) is 3.22. The van der Waals surface area contributed by atoms with Crippen LogP contribution in [0.5, 0.6) is 0 Å². The van der Waals surface area contributed by atoms with Crippen LogP contribution >= 0.6 is 0 Å². The van der Waals surface area contributed by atoms with Crippen molar-refractivity contribution >= 4 is 17.3 Å². The number of benzene rings is 1. The van der Waals surface area contributed by atoms with Gasteiger partial charge in [0, 0.05) is 18.8 Å². The van der Waals surface area contributed by atoms with Crippen LogP contribution in [0.1, 0.15) is 38.1 Å². The first kappa shape index (κ1) is 17.2. The third-order valence-corrected chi connectivity index (χ3v) is 4.95. The van der Waals surface area contributed by atoms with E-state index in [1.54, 1.807) is 6.20 Å². The monoisotopic (exact) mass is 341 g/mol. The van der Waals surface area contributed by atoms with E-state index in [4.69, 9.17) is 0 Å². The molecule has 0 spiro atoms. The van der Waals surface area contributed by atoms with E-state index in [1.807, 2.05) is 42.3 Å². The summed E-state index contributed by atoms with van der Waals surface area (Å²) in [7, 11) is 1.85. The number of aromatic nitrogens is 2. The van der Waals surface area contributed by atoms with E-state index < -0.39 is 12.0 Å². The lowest BCUT2D eigenvalue weighted by molar-refractivity contribution is -0.142. The molecule has 6 heteroatoms. The fraction of sp³-hybridized carbons (Fsp3) is 0.421. The number of carboxylic acid groups (broad SMARTS) is 1. The Balaban J connectivity index is 1.84. The van der Waals surface area contributed by atoms with Gasteiger partial charge in [0.2, 0.25) is 0 Å². The summed E-state index contributed by atoms with van der Waals surface area (Å²) in [6.07, 6.45) is 6.37. The fourth-order valence-corrected chi connectivity index (χ4v) is 3.49. The molecule has 1 saturated carbocycles. The molecule has 1 fully saturated rings. The van der Waals surface area contributed by atoms with E-state index in [0.717, 1.165) is 36.1 Å². The Morgan fingerprint density at radius 3 is 2.56 bits per heavy atom. The number of anilines is 2. The third-order valence-electron chi connectivity index (χ3n) is 4.95. The number of carboxylic acids is 1. The van der Waals surface area contributed by atoms with Gasteiger partial charge in [-0.15, -0.1) is 0 Å². The molecule has 1 aliphatic carbocycles. The van der Waals surface area contributed by atoms with Crippen molar-refractivity contribution in [1.29, 1.82) is 0 Å². The van der Waals surface area contributed by atoms with Crippen LogP contribution in [0.15, 0.2) is 47.4 Å². The van der Waals surface area contributed by atoms with Crippen molar-refractivity contribution in [3.8, 4) is 0 Å². The Bertz CT molecular complexity index is 782. The largest absolute Gasteiger partial charge is 0.480 e. The maximum atomic E-state index is 12.5. The first-order valence-electron chi connectivity index (χ1n) is 8.66. The van der Waals surface area contributed by atoms with Crippen molar-refractivity contribution in [1.82, 2.24) is 9.78 Å². The number of rotatable bonds is 6. The number of nitrogens with zero attached hydrogens (tertiary/aromatic N) is 3. The zero-order valence-electron chi connectivity index (χ0n) is 14.3. The molecular weight excluding hydrogens is 318 g/mol. The Morgan fingerprint density at radius 2 is 1.96 bits per heavy atom. The Kier molecular flexibility index (Phi) is 5.16. The lowest BCUT2D eigenvalue weighted by Crippen LogP contribution is -2.33. The highest BCUT2D eigenvalue weighted by Gasteiger charge is 2.28. The summed E-state index contributed by atoms with van der Waals surface area (Å²) in [5.41, 5.74) is 1.19. The normalized spacial score (nSPS) is 15.9. The molecule has 3 rings (SSSR count). The molecule has 0 amide bonds. The molecule has 1 aliphatic rings. The minimum Gasteiger partial charge on any atom is -0.480 e. The maximum absolute atomic E-state index is 12.5. The van der Waals surface area contributed by atoms with Crippen molar-refractivity contribution < 1.29 is 9.90 Å². The molecule has 0 saturated heterocycles. The van der Waals surface area contributed by atoms with Gasteiger partial charge in [-0.05, 0) is 24.5 Å². The van der Waals surface area contributed by atoms with E-state index in [1.165, 1.54) is 6.07 Å². The SMILES string of the molecule is CN(c1ccccc1)c1cnn(C(CC2CCCC2)C(=O)O)c(=O)c1. The summed E-state index contributed by atoms with van der Waals surface area (Å²) in [5, 5.41) is 13.7. The first-order chi connectivity index (χ1) is 12.1. The van der Waals surface area contributed by atoms with Gasteiger partial charge in [-0.3, -0.25) is 4.79 Å². The second kappa shape index (κ2) is 7.51. The molecular formula is C19H23N3O3. The summed E-state index contributed by atoms with van der Waals surface area (Å²) in [6, 6.07) is 10.2. The minimum atomic E-state index is -0.995. The summed E-state index contributed by atoms with van der Waals surface area (Å²) < 4.78 is 1.11. The molecule has 0 bridgehead atoms. The molecule has 1 aromatic carbocycles. The molecule has 1 N–H and O–H groups in total. The van der Waals surface area contributed by atoms with Gasteiger partial charge < -0.3 is 10.0 Å². The zero-order valence-corrected chi connectivity index (χ0v) is 14.3. The summed E-state index contributed by atoms with van der Waals surface area (Å²) in [6.45, 7) is 0. The number of hydrogen-bond donors (Lipinski definition) is 1. The van der Waals surface area contributed by atoms with E-state index in [0.29, 0.717) is 18.0 Å². The summed E-state index contributed by atoms with van der Waals surface area (Å²) in [5.74, 6) is -0.632. The van der Waals surface area contributed by atoms with E-state index in [9.17, 15) is 14.7 Å². The fourth-order valence-electron chi connectivity index (χ4n) is 3.49. The van der Waals surface area contributed by atoms with Gasteiger partial charge in [0.05, 0.1) is 11.9 Å². The van der Waals surface area contributed by atoms with Gasteiger partial charge in [0.1, 0.15) is 0 Å². The molecule has 1 unspecified atom stereocenters. The first-order valence-corrected chi connectivity index (χ1v) is 8.66. The molecule has 1 heterocycles. The smallest absolute Gasteiger partial charge is 0.328 e. The Hall–Kier alpha value is -2.63. The highest BCUT2D eigenvalue weighted by molar-refractivity contribution is 5.71. The van der Waals surface area contributed by atoms with Gasteiger partial charge in [-0.1, -0.05) is 43.9 Å². The zero-order chi connectivity index (χ0) is 17.8. The number of aliphatic carboxylic acids is 1. The van der Waals surface area contributed by atoms with Crippen molar-refractivity contribution in [3.05, 3.63) is 52.9 Å². The van der Waals surface area contributed by atoms with Crippen LogP contribution in [0.4, 0.5) is 11.4 Å². The molecule has 25 heavy (non-hydrogen) atoms. The number of carbonyl (C=O) groups is 1. The average Bonchev–Trinajstić information content (AvgIpc) is 3.13. The number of hydrogen-bond acceptors (Lipinski definition) is 4. The highest BCUT2D eigenvalue weighted by Crippen LogP contribution is 2.31. The van der Waals surface area contributed by atoms with Gasteiger partial charge in [0.25, 0.3) is 5.56 Å². The van der Waals surface area contributed by atoms with Gasteiger partial charge in [-0.2, -0.15) is 5.10 Å². The predicted molar refractivity (Wildman–Crippen MR) is 96.2 cm³/mol. The average molecular weight is 341 g/mol. The second-order valence-electron chi connectivity index (χ2n) is 6.63. The van der Waals surface area contributed by atoms with Crippen LogP contribution in [0.2, 0.25) is 0 Å². The van der Waals surface area contributed by atoms with Crippen LogP contribution in [0.25, 0.3) is 0 Å². The Labute approximate surface area is 146 Å². The van der Waals surface area contributed by atoms with Crippen LogP contribution in [-0.2, 0) is 4.79 Å². The summed E-state index contributed by atoms with van der Waals surface area (Å²) in [4.78, 5) is 26.0. The van der Waals surface area contributed by atoms with E-state index in [2.05, 4.69) is 5.10 Å². The molecule has 132 valence electrons. The molecule has 1 aromatic heterocycles. The molecule has 0 aliphatic heterocycles. The minimum absolute atomic E-state index is 0.362. The highest BCUT2D eigenvalue weighted by atomic mass is 16.4. The molecule has 1 atom stereocenters. The van der Waals surface area contributed by atoms with E-state index >= 15 is 0 Å². The molecule has 0 radical (unpaired) electrons. The van der Waals surface area contributed by atoms with Gasteiger partial charge in [-0.25, -0.2) is 9.48 Å². The third kappa shape index (κ3) is 3.90. The van der Waals surface area contributed by atoms with Crippen molar-refractivity contribution in [2.24, 2.45) is 5.92 Å². The van der Waals surface area contributed by atoms with Crippen molar-refractivity contribution in [2.75, 3.05) is 11.9 Å². The van der Waals surface area contributed by atoms with Gasteiger partial charge >= 0.3 is 5.97 Å². The Morgan fingerprint density at radius 1 is 1.28 bits per heavy atom. The van der Waals surface area contributed by atoms with Crippen LogP contribution in [0, 0.1) is 5.92 Å². The summed E-state index contributed by atoms with van der Waals surface area (Å²) >= 11 is 0. The lowest BCUT2D eigenvalue weighted by atomic mass is 9.98.